The summed E-state index contributed by atoms with van der Waals surface area (Å²) >= 11 is 1.42. The number of benzene rings is 1. The van der Waals surface area contributed by atoms with E-state index in [1.165, 1.54) is 23.9 Å². The topological polar surface area (TPSA) is 103 Å². The summed E-state index contributed by atoms with van der Waals surface area (Å²) in [5.74, 6) is 0.945. The van der Waals surface area contributed by atoms with Crippen LogP contribution in [0.5, 0.6) is 0 Å². The summed E-state index contributed by atoms with van der Waals surface area (Å²) in [4.78, 5) is 27.8. The van der Waals surface area contributed by atoms with Crippen molar-refractivity contribution in [1.82, 2.24) is 14.8 Å². The molecule has 134 valence electrons. The first-order chi connectivity index (χ1) is 12.5. The van der Waals surface area contributed by atoms with Crippen molar-refractivity contribution in [1.29, 1.82) is 0 Å². The van der Waals surface area contributed by atoms with Crippen molar-refractivity contribution in [3.8, 4) is 0 Å². The number of rotatable bonds is 3. The van der Waals surface area contributed by atoms with Crippen LogP contribution in [0, 0.1) is 16.0 Å². The SMILES string of the molecule is CSc1nc2n(n1)C(c1ccc([N+](=O)[O-])cc1)C1=C(CC(C)CC1=O)N2. The lowest BCUT2D eigenvalue weighted by Gasteiger charge is -2.34. The Hall–Kier alpha value is -2.68. The second-order valence-electron chi connectivity index (χ2n) is 6.57. The molecule has 1 aromatic heterocycles. The van der Waals surface area contributed by atoms with E-state index in [2.05, 4.69) is 22.3 Å². The van der Waals surface area contributed by atoms with Crippen LogP contribution in [0.1, 0.15) is 31.4 Å². The van der Waals surface area contributed by atoms with Gasteiger partial charge in [0.1, 0.15) is 6.04 Å². The molecule has 1 aliphatic heterocycles. The van der Waals surface area contributed by atoms with Gasteiger partial charge in [-0.2, -0.15) is 4.98 Å². The van der Waals surface area contributed by atoms with E-state index in [1.54, 1.807) is 16.8 Å². The van der Waals surface area contributed by atoms with E-state index in [-0.39, 0.29) is 17.4 Å². The Labute approximate surface area is 153 Å². The molecule has 1 aromatic carbocycles. The lowest BCUT2D eigenvalue weighted by molar-refractivity contribution is -0.384. The molecule has 2 heterocycles. The minimum Gasteiger partial charge on any atom is -0.328 e. The number of aromatic nitrogens is 3. The van der Waals surface area contributed by atoms with Crippen molar-refractivity contribution >= 4 is 29.2 Å². The van der Waals surface area contributed by atoms with E-state index in [4.69, 9.17) is 0 Å². The minimum absolute atomic E-state index is 0.0177. The number of hydrogen-bond acceptors (Lipinski definition) is 7. The van der Waals surface area contributed by atoms with Gasteiger partial charge in [-0.3, -0.25) is 14.9 Å². The number of anilines is 1. The second kappa shape index (κ2) is 6.24. The zero-order chi connectivity index (χ0) is 18.4. The number of nitrogens with zero attached hydrogens (tertiary/aromatic N) is 4. The number of fused-ring (bicyclic) bond motifs is 1. The number of carbonyl (C=O) groups excluding carboxylic acids is 1. The molecule has 0 saturated carbocycles. The first-order valence-corrected chi connectivity index (χ1v) is 9.48. The third-order valence-corrected chi connectivity index (χ3v) is 5.24. The molecule has 0 bridgehead atoms. The van der Waals surface area contributed by atoms with Crippen LogP contribution in [-0.2, 0) is 4.79 Å². The van der Waals surface area contributed by atoms with Crippen molar-refractivity contribution in [3.05, 3.63) is 51.2 Å². The third kappa shape index (κ3) is 2.68. The van der Waals surface area contributed by atoms with Crippen LogP contribution < -0.4 is 5.32 Å². The highest BCUT2D eigenvalue weighted by atomic mass is 32.2. The molecule has 8 nitrogen and oxygen atoms in total. The Morgan fingerprint density at radius 3 is 2.69 bits per heavy atom. The van der Waals surface area contributed by atoms with Gasteiger partial charge < -0.3 is 5.32 Å². The molecule has 0 spiro atoms. The van der Waals surface area contributed by atoms with Crippen LogP contribution >= 0.6 is 11.8 Å². The fourth-order valence-corrected chi connectivity index (χ4v) is 3.91. The Balaban J connectivity index is 1.86. The highest BCUT2D eigenvalue weighted by molar-refractivity contribution is 7.98. The van der Waals surface area contributed by atoms with Gasteiger partial charge in [-0.15, -0.1) is 5.10 Å². The Morgan fingerprint density at radius 1 is 1.31 bits per heavy atom. The molecule has 4 rings (SSSR count). The predicted octanol–water partition coefficient (Wildman–Crippen LogP) is 3.18. The summed E-state index contributed by atoms with van der Waals surface area (Å²) in [6, 6.07) is 5.87. The summed E-state index contributed by atoms with van der Waals surface area (Å²) in [7, 11) is 0. The van der Waals surface area contributed by atoms with Gasteiger partial charge >= 0.3 is 0 Å². The van der Waals surface area contributed by atoms with Crippen molar-refractivity contribution in [2.75, 3.05) is 11.6 Å². The molecule has 1 N–H and O–H groups in total. The monoisotopic (exact) mass is 371 g/mol. The largest absolute Gasteiger partial charge is 0.328 e. The first-order valence-electron chi connectivity index (χ1n) is 8.26. The fraction of sp³-hybridized carbons (Fsp3) is 0.353. The average molecular weight is 371 g/mol. The number of non-ortho nitro benzene ring substituents is 1. The molecule has 2 aliphatic rings. The molecule has 26 heavy (non-hydrogen) atoms. The number of hydrogen-bond donors (Lipinski definition) is 1. The zero-order valence-corrected chi connectivity index (χ0v) is 15.1. The zero-order valence-electron chi connectivity index (χ0n) is 14.3. The van der Waals surface area contributed by atoms with Crippen LogP contribution in [0.3, 0.4) is 0 Å². The van der Waals surface area contributed by atoms with Gasteiger partial charge in [0, 0.05) is 29.8 Å². The van der Waals surface area contributed by atoms with Crippen LogP contribution in [0.2, 0.25) is 0 Å². The van der Waals surface area contributed by atoms with E-state index in [0.717, 1.165) is 17.7 Å². The molecular formula is C17H17N5O3S. The molecule has 0 saturated heterocycles. The number of carbonyl (C=O) groups is 1. The van der Waals surface area contributed by atoms with Crippen molar-refractivity contribution < 1.29 is 9.72 Å². The molecule has 0 fully saturated rings. The fourth-order valence-electron chi connectivity index (χ4n) is 3.56. The minimum atomic E-state index is -0.433. The standard InChI is InChI=1S/C17H17N5O3S/c1-9-7-12-14(13(23)8-9)15(10-3-5-11(6-4-10)22(24)25)21-16(18-12)19-17(20-21)26-2/h3-6,9,15H,7-8H2,1-2H3,(H,18,19,20). The summed E-state index contributed by atoms with van der Waals surface area (Å²) in [6.45, 7) is 2.05. The first kappa shape index (κ1) is 16.8. The van der Waals surface area contributed by atoms with Crippen LogP contribution in [0.15, 0.2) is 40.7 Å². The third-order valence-electron chi connectivity index (χ3n) is 4.71. The normalized spacial score (nSPS) is 21.8. The number of thioether (sulfide) groups is 1. The molecular weight excluding hydrogens is 354 g/mol. The maximum atomic E-state index is 12.8. The molecule has 2 atom stereocenters. The lowest BCUT2D eigenvalue weighted by Crippen LogP contribution is -2.33. The number of nitrogens with one attached hydrogen (secondary N) is 1. The van der Waals surface area contributed by atoms with Gasteiger partial charge in [-0.25, -0.2) is 4.68 Å². The van der Waals surface area contributed by atoms with Gasteiger partial charge in [-0.05, 0) is 36.3 Å². The van der Waals surface area contributed by atoms with E-state index >= 15 is 0 Å². The van der Waals surface area contributed by atoms with Crippen molar-refractivity contribution in [2.24, 2.45) is 5.92 Å². The van der Waals surface area contributed by atoms with Crippen LogP contribution in [0.4, 0.5) is 11.6 Å². The van der Waals surface area contributed by atoms with E-state index in [9.17, 15) is 14.9 Å². The van der Waals surface area contributed by atoms with Crippen molar-refractivity contribution in [3.63, 3.8) is 0 Å². The molecule has 0 radical (unpaired) electrons. The Morgan fingerprint density at radius 2 is 2.04 bits per heavy atom. The molecule has 9 heteroatoms. The number of nitro benzene ring substituents is 1. The molecule has 2 aromatic rings. The summed E-state index contributed by atoms with van der Waals surface area (Å²) in [5, 5.41) is 19.3. The maximum absolute atomic E-state index is 12.8. The smallest absolute Gasteiger partial charge is 0.269 e. The Kier molecular flexibility index (Phi) is 4.03. The van der Waals surface area contributed by atoms with Gasteiger partial charge in [-0.1, -0.05) is 18.7 Å². The molecule has 2 unspecified atom stereocenters. The Bertz CT molecular complexity index is 934. The second-order valence-corrected chi connectivity index (χ2v) is 7.35. The van der Waals surface area contributed by atoms with E-state index in [0.29, 0.717) is 23.1 Å². The molecule has 1 aliphatic carbocycles. The van der Waals surface area contributed by atoms with Gasteiger partial charge in [0.15, 0.2) is 5.78 Å². The maximum Gasteiger partial charge on any atom is 0.269 e. The van der Waals surface area contributed by atoms with Gasteiger partial charge in [0.2, 0.25) is 11.1 Å². The predicted molar refractivity (Wildman–Crippen MR) is 97.1 cm³/mol. The summed E-state index contributed by atoms with van der Waals surface area (Å²) < 4.78 is 1.71. The molecule has 0 amide bonds. The van der Waals surface area contributed by atoms with Crippen LogP contribution in [0.25, 0.3) is 0 Å². The number of nitro groups is 1. The number of Topliss-reactive ketones (excluding diaryl/α,β-unsaturated/α-hetero) is 1. The lowest BCUT2D eigenvalue weighted by atomic mass is 9.81. The number of allylic oxidation sites excluding steroid dienone is 2. The quantitative estimate of drug-likeness (QED) is 0.502. The van der Waals surface area contributed by atoms with Gasteiger partial charge in [0.25, 0.3) is 5.69 Å². The summed E-state index contributed by atoms with van der Waals surface area (Å²) in [5.41, 5.74) is 2.36. The van der Waals surface area contributed by atoms with Crippen molar-refractivity contribution in [2.45, 2.75) is 31.0 Å². The highest BCUT2D eigenvalue weighted by Gasteiger charge is 2.38. The average Bonchev–Trinajstić information content (AvgIpc) is 3.02. The van der Waals surface area contributed by atoms with Gasteiger partial charge in [0.05, 0.1) is 4.92 Å². The van der Waals surface area contributed by atoms with E-state index in [1.807, 2.05) is 6.26 Å². The van der Waals surface area contributed by atoms with E-state index < -0.39 is 11.0 Å². The number of ketones is 1. The van der Waals surface area contributed by atoms with Crippen LogP contribution in [-0.4, -0.2) is 31.7 Å². The summed E-state index contributed by atoms with van der Waals surface area (Å²) in [6.07, 6.45) is 3.15. The highest BCUT2D eigenvalue weighted by Crippen LogP contribution is 2.41.